The molecule has 2 aromatic carbocycles. The molecular weight excluding hydrogens is 344 g/mol. The molecule has 1 aliphatic rings. The van der Waals surface area contributed by atoms with Gasteiger partial charge in [0.2, 0.25) is 5.91 Å². The number of carboxylic acid groups (broad SMARTS) is 1. The van der Waals surface area contributed by atoms with Gasteiger partial charge in [0.05, 0.1) is 25.3 Å². The first-order valence-corrected chi connectivity index (χ1v) is 8.81. The topological polar surface area (TPSA) is 79.2 Å². The molecule has 0 bridgehead atoms. The molecule has 0 fully saturated rings. The number of aliphatic carboxylic acids is 1. The third-order valence-corrected chi connectivity index (χ3v) is 4.60. The normalized spacial score (nSPS) is 16.1. The number of carbonyl (C=O) groups is 2. The lowest BCUT2D eigenvalue weighted by atomic mass is 9.97. The van der Waals surface area contributed by atoms with Crippen LogP contribution in [0, 0.1) is 6.92 Å². The van der Waals surface area contributed by atoms with Crippen LogP contribution in [0.2, 0.25) is 0 Å². The summed E-state index contributed by atoms with van der Waals surface area (Å²) in [6.45, 7) is 2.01. The van der Waals surface area contributed by atoms with E-state index in [0.29, 0.717) is 12.2 Å². The first-order chi connectivity index (χ1) is 13.0. The minimum atomic E-state index is -1.00. The van der Waals surface area contributed by atoms with Gasteiger partial charge in [-0.05, 0) is 18.6 Å². The molecule has 0 radical (unpaired) electrons. The quantitative estimate of drug-likeness (QED) is 0.848. The number of hydrogen-bond donors (Lipinski definition) is 1. The molecule has 0 saturated carbocycles. The van der Waals surface area contributed by atoms with Crippen molar-refractivity contribution in [2.45, 2.75) is 32.2 Å². The number of hydrogen-bond acceptors (Lipinski definition) is 4. The van der Waals surface area contributed by atoms with E-state index >= 15 is 0 Å². The predicted octanol–water partition coefficient (Wildman–Crippen LogP) is 3.55. The number of para-hydroxylation sites is 1. The molecule has 3 rings (SSSR count). The van der Waals surface area contributed by atoms with Crippen molar-refractivity contribution >= 4 is 17.6 Å². The van der Waals surface area contributed by atoms with Crippen molar-refractivity contribution in [2.75, 3.05) is 7.11 Å². The van der Waals surface area contributed by atoms with Gasteiger partial charge in [-0.25, -0.2) is 5.01 Å². The zero-order valence-electron chi connectivity index (χ0n) is 15.4. The average molecular weight is 366 g/mol. The van der Waals surface area contributed by atoms with Gasteiger partial charge in [0.25, 0.3) is 0 Å². The molecule has 0 unspecified atom stereocenters. The Kier molecular flexibility index (Phi) is 5.54. The summed E-state index contributed by atoms with van der Waals surface area (Å²) in [6.07, 6.45) is 0.233. The molecule has 2 aromatic rings. The van der Waals surface area contributed by atoms with Gasteiger partial charge < -0.3 is 9.84 Å². The van der Waals surface area contributed by atoms with E-state index in [0.717, 1.165) is 22.4 Å². The molecule has 140 valence electrons. The summed E-state index contributed by atoms with van der Waals surface area (Å²) in [5.41, 5.74) is 3.76. The second-order valence-electron chi connectivity index (χ2n) is 6.51. The molecule has 0 aromatic heterocycles. The van der Waals surface area contributed by atoms with Crippen molar-refractivity contribution < 1.29 is 19.4 Å². The van der Waals surface area contributed by atoms with Gasteiger partial charge >= 0.3 is 5.97 Å². The Hall–Kier alpha value is -3.15. The van der Waals surface area contributed by atoms with E-state index in [1.54, 1.807) is 7.11 Å². The van der Waals surface area contributed by atoms with Gasteiger partial charge in [-0.2, -0.15) is 5.10 Å². The minimum Gasteiger partial charge on any atom is -0.496 e. The number of carboxylic acids is 1. The van der Waals surface area contributed by atoms with E-state index < -0.39 is 5.97 Å². The summed E-state index contributed by atoms with van der Waals surface area (Å²) in [6, 6.07) is 15.2. The van der Waals surface area contributed by atoms with Gasteiger partial charge in [-0.1, -0.05) is 48.0 Å². The van der Waals surface area contributed by atoms with Crippen molar-refractivity contribution in [1.29, 1.82) is 0 Å². The monoisotopic (exact) mass is 366 g/mol. The molecule has 6 nitrogen and oxygen atoms in total. The molecule has 1 amide bonds. The molecule has 6 heteroatoms. The maximum absolute atomic E-state index is 12.7. The van der Waals surface area contributed by atoms with Crippen LogP contribution in [0.5, 0.6) is 5.75 Å². The zero-order chi connectivity index (χ0) is 19.4. The third kappa shape index (κ3) is 4.16. The first kappa shape index (κ1) is 18.6. The summed E-state index contributed by atoms with van der Waals surface area (Å²) in [4.78, 5) is 23.5. The van der Waals surface area contributed by atoms with Crippen molar-refractivity contribution in [2.24, 2.45) is 5.10 Å². The minimum absolute atomic E-state index is 0.0916. The van der Waals surface area contributed by atoms with E-state index in [2.05, 4.69) is 5.10 Å². The number of benzene rings is 2. The van der Waals surface area contributed by atoms with Crippen LogP contribution in [-0.4, -0.2) is 34.8 Å². The van der Waals surface area contributed by atoms with Crippen LogP contribution in [0.3, 0.4) is 0 Å². The average Bonchev–Trinajstić information content (AvgIpc) is 3.11. The Labute approximate surface area is 158 Å². The van der Waals surface area contributed by atoms with E-state index in [9.17, 15) is 9.59 Å². The molecular formula is C21H22N2O4. The van der Waals surface area contributed by atoms with Gasteiger partial charge in [0, 0.05) is 18.4 Å². The number of carbonyl (C=O) groups excluding carboxylic acids is 1. The fraction of sp³-hybridized carbons (Fsp3) is 0.286. The van der Waals surface area contributed by atoms with E-state index in [1.165, 1.54) is 5.01 Å². The number of nitrogens with zero attached hydrogens (tertiary/aromatic N) is 2. The number of ether oxygens (including phenoxy) is 1. The Bertz CT molecular complexity index is 874. The lowest BCUT2D eigenvalue weighted by molar-refractivity contribution is -0.141. The fourth-order valence-corrected chi connectivity index (χ4v) is 3.17. The van der Waals surface area contributed by atoms with Crippen LogP contribution in [0.1, 0.15) is 42.0 Å². The highest BCUT2D eigenvalue weighted by molar-refractivity contribution is 6.03. The maximum Gasteiger partial charge on any atom is 0.303 e. The van der Waals surface area contributed by atoms with E-state index in [1.807, 2.05) is 55.5 Å². The summed E-state index contributed by atoms with van der Waals surface area (Å²) in [7, 11) is 1.59. The molecule has 0 spiro atoms. The highest BCUT2D eigenvalue weighted by Crippen LogP contribution is 2.37. The molecule has 1 heterocycles. The van der Waals surface area contributed by atoms with Crippen molar-refractivity contribution in [3.8, 4) is 5.75 Å². The van der Waals surface area contributed by atoms with E-state index in [4.69, 9.17) is 9.84 Å². The van der Waals surface area contributed by atoms with Crippen LogP contribution >= 0.6 is 0 Å². The number of methoxy groups -OCH3 is 1. The summed E-state index contributed by atoms with van der Waals surface area (Å²) in [5.74, 6) is -0.631. The Balaban J connectivity index is 1.94. The highest BCUT2D eigenvalue weighted by Gasteiger charge is 2.34. The molecule has 0 aliphatic carbocycles. The summed E-state index contributed by atoms with van der Waals surface area (Å²) in [5, 5.41) is 14.9. The van der Waals surface area contributed by atoms with Crippen LogP contribution in [0.25, 0.3) is 0 Å². The van der Waals surface area contributed by atoms with Crippen molar-refractivity contribution in [1.82, 2.24) is 5.01 Å². The molecule has 27 heavy (non-hydrogen) atoms. The molecule has 0 saturated heterocycles. The molecule has 1 N–H and O–H groups in total. The van der Waals surface area contributed by atoms with E-state index in [-0.39, 0.29) is 24.8 Å². The number of hydrazone groups is 1. The zero-order valence-corrected chi connectivity index (χ0v) is 15.4. The Morgan fingerprint density at radius 2 is 1.85 bits per heavy atom. The largest absolute Gasteiger partial charge is 0.496 e. The summed E-state index contributed by atoms with van der Waals surface area (Å²) < 4.78 is 5.46. The lowest BCUT2D eigenvalue weighted by Gasteiger charge is -2.23. The number of aryl methyl sites for hydroxylation is 1. The van der Waals surface area contributed by atoms with Crippen molar-refractivity contribution in [3.63, 3.8) is 0 Å². The summed E-state index contributed by atoms with van der Waals surface area (Å²) >= 11 is 0. The van der Waals surface area contributed by atoms with Crippen LogP contribution in [0.4, 0.5) is 0 Å². The number of rotatable bonds is 6. The van der Waals surface area contributed by atoms with Crippen molar-refractivity contribution in [3.05, 3.63) is 65.2 Å². The first-order valence-electron chi connectivity index (χ1n) is 8.81. The predicted molar refractivity (Wildman–Crippen MR) is 102 cm³/mol. The Morgan fingerprint density at radius 1 is 1.15 bits per heavy atom. The van der Waals surface area contributed by atoms with Gasteiger partial charge in [0.1, 0.15) is 5.75 Å². The number of amides is 1. The second kappa shape index (κ2) is 8.03. The van der Waals surface area contributed by atoms with Crippen LogP contribution < -0.4 is 4.74 Å². The fourth-order valence-electron chi connectivity index (χ4n) is 3.17. The molecule has 1 aliphatic heterocycles. The maximum atomic E-state index is 12.7. The van der Waals surface area contributed by atoms with Gasteiger partial charge in [0.15, 0.2) is 0 Å². The smallest absolute Gasteiger partial charge is 0.303 e. The van der Waals surface area contributed by atoms with Crippen LogP contribution in [0.15, 0.2) is 53.6 Å². The van der Waals surface area contributed by atoms with Gasteiger partial charge in [-0.3, -0.25) is 9.59 Å². The second-order valence-corrected chi connectivity index (χ2v) is 6.51. The molecule has 1 atom stereocenters. The van der Waals surface area contributed by atoms with Gasteiger partial charge in [-0.15, -0.1) is 0 Å². The van der Waals surface area contributed by atoms with Crippen LogP contribution in [-0.2, 0) is 9.59 Å². The highest BCUT2D eigenvalue weighted by atomic mass is 16.5. The lowest BCUT2D eigenvalue weighted by Crippen LogP contribution is -2.27. The SMILES string of the molecule is COc1ccccc1[C@@H]1CC(c2ccc(C)cc2)=NN1C(=O)CCC(=O)O. The Morgan fingerprint density at radius 3 is 2.52 bits per heavy atom. The standard InChI is InChI=1S/C21H22N2O4/c1-14-7-9-15(10-8-14)17-13-18(16-5-3-4-6-19(16)27-2)23(22-17)20(24)11-12-21(25)26/h3-10,18H,11-13H2,1-2H3,(H,25,26)/t18-/m0/s1. The third-order valence-electron chi connectivity index (χ3n) is 4.60.